The third kappa shape index (κ3) is 2.98. The minimum atomic E-state index is 0.0658. The number of hydrogen-bond acceptors (Lipinski definition) is 2. The summed E-state index contributed by atoms with van der Waals surface area (Å²) in [6.07, 6.45) is 3.82. The fraction of sp³-hybridized carbons (Fsp3) is 0.417. The Morgan fingerprint density at radius 3 is 3.07 bits per heavy atom. The molecule has 1 saturated carbocycles. The molecule has 0 unspecified atom stereocenters. The molecule has 1 aromatic rings. The Morgan fingerprint density at radius 1 is 1.60 bits per heavy atom. The average molecular weight is 203 g/mol. The third-order valence-corrected chi connectivity index (χ3v) is 2.57. The molecule has 3 N–H and O–H groups in total. The molecule has 0 aromatic heterocycles. The number of nitrogen functional groups attached to an aromatic ring is 1. The number of rotatable bonds is 5. The van der Waals surface area contributed by atoms with Crippen LogP contribution >= 0.6 is 0 Å². The first-order chi connectivity index (χ1) is 7.25. The summed E-state index contributed by atoms with van der Waals surface area (Å²) in [4.78, 5) is 0. The molecule has 1 aromatic carbocycles. The fourth-order valence-electron chi connectivity index (χ4n) is 1.44. The summed E-state index contributed by atoms with van der Waals surface area (Å²) in [5.74, 6) is 1.63. The SMILES string of the molecule is N=C(N)c1cc[c]c(OCCC2CC2)c1. The molecule has 15 heavy (non-hydrogen) atoms. The second-order valence-electron chi connectivity index (χ2n) is 3.94. The Morgan fingerprint density at radius 2 is 2.40 bits per heavy atom. The summed E-state index contributed by atoms with van der Waals surface area (Å²) in [6.45, 7) is 0.739. The van der Waals surface area contributed by atoms with Gasteiger partial charge in [-0.15, -0.1) is 0 Å². The van der Waals surface area contributed by atoms with Crippen molar-refractivity contribution in [2.75, 3.05) is 6.61 Å². The molecule has 0 bridgehead atoms. The Kier molecular flexibility index (Phi) is 2.90. The van der Waals surface area contributed by atoms with Gasteiger partial charge < -0.3 is 10.5 Å². The van der Waals surface area contributed by atoms with E-state index >= 15 is 0 Å². The highest BCUT2D eigenvalue weighted by molar-refractivity contribution is 5.95. The minimum absolute atomic E-state index is 0.0658. The zero-order valence-electron chi connectivity index (χ0n) is 8.62. The lowest BCUT2D eigenvalue weighted by molar-refractivity contribution is 0.302. The topological polar surface area (TPSA) is 59.1 Å². The number of amidine groups is 1. The summed E-state index contributed by atoms with van der Waals surface area (Å²) >= 11 is 0. The van der Waals surface area contributed by atoms with E-state index in [9.17, 15) is 0 Å². The van der Waals surface area contributed by atoms with Crippen molar-refractivity contribution >= 4 is 5.84 Å². The maximum Gasteiger partial charge on any atom is 0.127 e. The number of nitrogens with one attached hydrogen (secondary N) is 1. The van der Waals surface area contributed by atoms with Crippen molar-refractivity contribution in [3.05, 3.63) is 29.8 Å². The molecule has 0 amide bonds. The van der Waals surface area contributed by atoms with Gasteiger partial charge in [0.25, 0.3) is 0 Å². The Bertz CT molecular complexity index is 358. The van der Waals surface area contributed by atoms with Gasteiger partial charge in [0.2, 0.25) is 0 Å². The van der Waals surface area contributed by atoms with Crippen LogP contribution in [-0.2, 0) is 0 Å². The van der Waals surface area contributed by atoms with Gasteiger partial charge in [0.1, 0.15) is 11.6 Å². The maximum atomic E-state index is 7.30. The molecule has 0 aliphatic heterocycles. The van der Waals surface area contributed by atoms with Crippen LogP contribution in [0, 0.1) is 17.4 Å². The largest absolute Gasteiger partial charge is 0.493 e. The average Bonchev–Trinajstić information content (AvgIpc) is 3.02. The van der Waals surface area contributed by atoms with Crippen LogP contribution in [0.15, 0.2) is 18.2 Å². The van der Waals surface area contributed by atoms with Crippen molar-refractivity contribution in [1.29, 1.82) is 5.41 Å². The lowest BCUT2D eigenvalue weighted by Crippen LogP contribution is -2.11. The van der Waals surface area contributed by atoms with Gasteiger partial charge in [-0.25, -0.2) is 0 Å². The molecule has 1 fully saturated rings. The highest BCUT2D eigenvalue weighted by Gasteiger charge is 2.20. The molecule has 1 aliphatic carbocycles. The van der Waals surface area contributed by atoms with Crippen molar-refractivity contribution in [2.24, 2.45) is 11.7 Å². The molecule has 79 valence electrons. The first kappa shape index (κ1) is 10.0. The molecule has 3 nitrogen and oxygen atoms in total. The van der Waals surface area contributed by atoms with Crippen LogP contribution < -0.4 is 10.5 Å². The molecule has 0 spiro atoms. The molecular formula is C12H15N2O. The van der Waals surface area contributed by atoms with Gasteiger partial charge in [-0.1, -0.05) is 18.9 Å². The molecule has 1 aliphatic rings. The van der Waals surface area contributed by atoms with Crippen LogP contribution in [0.1, 0.15) is 24.8 Å². The van der Waals surface area contributed by atoms with Crippen molar-refractivity contribution in [2.45, 2.75) is 19.3 Å². The number of ether oxygens (including phenoxy) is 1. The summed E-state index contributed by atoms with van der Waals surface area (Å²) < 4.78 is 5.54. The van der Waals surface area contributed by atoms with E-state index in [1.807, 2.05) is 0 Å². The maximum absolute atomic E-state index is 7.30. The summed E-state index contributed by atoms with van der Waals surface area (Å²) in [7, 11) is 0. The summed E-state index contributed by atoms with van der Waals surface area (Å²) in [5, 5.41) is 7.30. The van der Waals surface area contributed by atoms with Gasteiger partial charge in [0, 0.05) is 11.6 Å². The minimum Gasteiger partial charge on any atom is -0.493 e. The van der Waals surface area contributed by atoms with Gasteiger partial charge in [0.05, 0.1) is 6.61 Å². The van der Waals surface area contributed by atoms with Crippen LogP contribution in [-0.4, -0.2) is 12.4 Å². The second-order valence-corrected chi connectivity index (χ2v) is 3.94. The summed E-state index contributed by atoms with van der Waals surface area (Å²) in [6, 6.07) is 8.24. The molecule has 0 atom stereocenters. The first-order valence-electron chi connectivity index (χ1n) is 5.24. The summed E-state index contributed by atoms with van der Waals surface area (Å²) in [5.41, 5.74) is 6.07. The van der Waals surface area contributed by atoms with Gasteiger partial charge in [-0.05, 0) is 24.5 Å². The predicted octanol–water partition coefficient (Wildman–Crippen LogP) is 1.95. The molecular weight excluding hydrogens is 188 g/mol. The number of hydrogen-bond donors (Lipinski definition) is 2. The van der Waals surface area contributed by atoms with Gasteiger partial charge >= 0.3 is 0 Å². The molecule has 1 radical (unpaired) electrons. The predicted molar refractivity (Wildman–Crippen MR) is 59.1 cm³/mol. The van der Waals surface area contributed by atoms with E-state index in [-0.39, 0.29) is 5.84 Å². The van der Waals surface area contributed by atoms with Gasteiger partial charge in [0.15, 0.2) is 0 Å². The highest BCUT2D eigenvalue weighted by atomic mass is 16.5. The van der Waals surface area contributed by atoms with E-state index in [4.69, 9.17) is 15.9 Å². The van der Waals surface area contributed by atoms with Crippen LogP contribution in [0.2, 0.25) is 0 Å². The fourth-order valence-corrected chi connectivity index (χ4v) is 1.44. The normalized spacial score (nSPS) is 14.9. The van der Waals surface area contributed by atoms with Crippen molar-refractivity contribution < 1.29 is 4.74 Å². The lowest BCUT2D eigenvalue weighted by atomic mass is 10.2. The van der Waals surface area contributed by atoms with Crippen LogP contribution in [0.25, 0.3) is 0 Å². The second kappa shape index (κ2) is 4.34. The van der Waals surface area contributed by atoms with Gasteiger partial charge in [-0.2, -0.15) is 0 Å². The zero-order chi connectivity index (χ0) is 10.7. The Hall–Kier alpha value is -1.51. The van der Waals surface area contributed by atoms with Crippen LogP contribution in [0.4, 0.5) is 0 Å². The van der Waals surface area contributed by atoms with Crippen LogP contribution in [0.5, 0.6) is 5.75 Å². The van der Waals surface area contributed by atoms with Crippen molar-refractivity contribution in [3.8, 4) is 5.75 Å². The van der Waals surface area contributed by atoms with E-state index < -0.39 is 0 Å². The standard InChI is InChI=1S/C12H15N2O/c13-12(14)10-2-1-3-11(8-10)15-7-6-9-4-5-9/h1-2,8-9H,4-7H2,(H3,13,14). The molecule has 0 heterocycles. The van der Waals surface area contributed by atoms with E-state index in [0.29, 0.717) is 11.3 Å². The van der Waals surface area contributed by atoms with E-state index in [0.717, 1.165) is 18.9 Å². The van der Waals surface area contributed by atoms with E-state index in [2.05, 4.69) is 6.07 Å². The Labute approximate surface area is 89.8 Å². The molecule has 2 rings (SSSR count). The quantitative estimate of drug-likeness (QED) is 0.567. The van der Waals surface area contributed by atoms with Crippen molar-refractivity contribution in [1.82, 2.24) is 0 Å². The smallest absolute Gasteiger partial charge is 0.127 e. The van der Waals surface area contributed by atoms with E-state index in [1.165, 1.54) is 12.8 Å². The third-order valence-electron chi connectivity index (χ3n) is 2.57. The van der Waals surface area contributed by atoms with E-state index in [1.54, 1.807) is 18.2 Å². The molecule has 3 heteroatoms. The number of nitrogens with two attached hydrogens (primary N) is 1. The Balaban J connectivity index is 1.88. The highest BCUT2D eigenvalue weighted by Crippen LogP contribution is 2.32. The number of benzene rings is 1. The van der Waals surface area contributed by atoms with Crippen LogP contribution in [0.3, 0.4) is 0 Å². The molecule has 0 saturated heterocycles. The van der Waals surface area contributed by atoms with Crippen molar-refractivity contribution in [3.63, 3.8) is 0 Å². The first-order valence-corrected chi connectivity index (χ1v) is 5.24. The lowest BCUT2D eigenvalue weighted by Gasteiger charge is -2.06. The zero-order valence-corrected chi connectivity index (χ0v) is 8.62. The monoisotopic (exact) mass is 203 g/mol. The van der Waals surface area contributed by atoms with Gasteiger partial charge in [-0.3, -0.25) is 5.41 Å².